The fourth-order valence-electron chi connectivity index (χ4n) is 0.385. The Kier molecular flexibility index (Phi) is 30.0. The molecule has 0 saturated carbocycles. The van der Waals surface area contributed by atoms with E-state index in [1.807, 2.05) is 36.4 Å². The molecule has 0 atom stereocenters. The fourth-order valence-corrected chi connectivity index (χ4v) is 0.385. The molecule has 0 spiro atoms. The summed E-state index contributed by atoms with van der Waals surface area (Å²) in [4.78, 5) is 16.7. The number of halogens is 1. The number of rotatable bonds is 0. The molecule has 13 heavy (non-hydrogen) atoms. The van der Waals surface area contributed by atoms with Crippen molar-refractivity contribution in [3.05, 3.63) is 36.4 Å². The molecule has 1 rings (SSSR count). The summed E-state index contributed by atoms with van der Waals surface area (Å²) in [7, 11) is 0. The highest BCUT2D eigenvalue weighted by Crippen LogP contribution is 1.79. The predicted molar refractivity (Wildman–Crippen MR) is 50.5 cm³/mol. The third-order valence-electron chi connectivity index (χ3n) is 0.667. The van der Waals surface area contributed by atoms with Crippen LogP contribution in [-0.2, 0) is 9.59 Å². The van der Waals surface area contributed by atoms with Crippen LogP contribution in [0, 0.1) is 10.8 Å². The molecule has 0 unspecified atom stereocenters. The molecule has 1 aromatic rings. The average molecular weight is 201 g/mol. The largest absolute Gasteiger partial charge is 0.231 e. The van der Waals surface area contributed by atoms with Gasteiger partial charge in [0.15, 0.2) is 0 Å². The molecule has 0 heterocycles. The molecule has 0 bridgehead atoms. The van der Waals surface area contributed by atoms with Crippen molar-refractivity contribution in [1.29, 1.82) is 10.8 Å². The highest BCUT2D eigenvalue weighted by molar-refractivity contribution is 5.85. The SMILES string of the molecule is Cl.N=C=O.N=C=O.c1ccccc1. The molecule has 1 aromatic carbocycles. The highest BCUT2D eigenvalue weighted by Gasteiger charge is 1.57. The molecular weight excluding hydrogens is 192 g/mol. The summed E-state index contributed by atoms with van der Waals surface area (Å²) in [5.74, 6) is 0. The van der Waals surface area contributed by atoms with Crippen LogP contribution in [0.15, 0.2) is 36.4 Å². The van der Waals surface area contributed by atoms with Gasteiger partial charge in [0, 0.05) is 0 Å². The zero-order chi connectivity index (χ0) is 9.66. The summed E-state index contributed by atoms with van der Waals surface area (Å²) in [6.07, 6.45) is 1.50. The molecule has 70 valence electrons. The summed E-state index contributed by atoms with van der Waals surface area (Å²) in [5, 5.41) is 10.8. The zero-order valence-electron chi connectivity index (χ0n) is 6.69. The number of nitrogens with one attached hydrogen (secondary N) is 2. The van der Waals surface area contributed by atoms with Crippen LogP contribution in [0.25, 0.3) is 0 Å². The van der Waals surface area contributed by atoms with E-state index in [2.05, 4.69) is 0 Å². The molecular formula is C8H9ClN2O2. The molecule has 0 aliphatic carbocycles. The fraction of sp³-hybridized carbons (Fsp3) is 0. The van der Waals surface area contributed by atoms with Crippen LogP contribution in [0.5, 0.6) is 0 Å². The molecule has 2 N–H and O–H groups in total. The van der Waals surface area contributed by atoms with E-state index < -0.39 is 0 Å². The van der Waals surface area contributed by atoms with Gasteiger partial charge in [0.05, 0.1) is 0 Å². The van der Waals surface area contributed by atoms with E-state index in [9.17, 15) is 0 Å². The first-order chi connectivity index (χ1) is 5.83. The zero-order valence-corrected chi connectivity index (χ0v) is 7.51. The summed E-state index contributed by atoms with van der Waals surface area (Å²) >= 11 is 0. The molecule has 0 aliphatic heterocycles. The number of benzene rings is 1. The van der Waals surface area contributed by atoms with Gasteiger partial charge in [-0.15, -0.1) is 12.4 Å². The van der Waals surface area contributed by atoms with Crippen molar-refractivity contribution in [3.63, 3.8) is 0 Å². The second-order valence-electron chi connectivity index (χ2n) is 1.36. The lowest BCUT2D eigenvalue weighted by atomic mass is 10.4. The number of isocyanates is 2. The summed E-state index contributed by atoms with van der Waals surface area (Å²) in [6.45, 7) is 0. The van der Waals surface area contributed by atoms with Crippen molar-refractivity contribution in [1.82, 2.24) is 0 Å². The molecule has 4 nitrogen and oxygen atoms in total. The first-order valence-electron chi connectivity index (χ1n) is 2.91. The van der Waals surface area contributed by atoms with Gasteiger partial charge < -0.3 is 0 Å². The predicted octanol–water partition coefficient (Wildman–Crippen LogP) is 1.91. The van der Waals surface area contributed by atoms with Gasteiger partial charge >= 0.3 is 0 Å². The van der Waals surface area contributed by atoms with Gasteiger partial charge in [0.2, 0.25) is 12.2 Å². The van der Waals surface area contributed by atoms with E-state index in [4.69, 9.17) is 20.4 Å². The van der Waals surface area contributed by atoms with E-state index >= 15 is 0 Å². The molecule has 0 aliphatic rings. The van der Waals surface area contributed by atoms with Crippen LogP contribution >= 0.6 is 12.4 Å². The lowest BCUT2D eigenvalue weighted by molar-refractivity contribution is 0.562. The third kappa shape index (κ3) is 38.5. The van der Waals surface area contributed by atoms with E-state index in [1.165, 1.54) is 0 Å². The van der Waals surface area contributed by atoms with E-state index in [-0.39, 0.29) is 12.4 Å². The normalized spacial score (nSPS) is 4.92. The Balaban J connectivity index is -0.000000126. The van der Waals surface area contributed by atoms with Crippen molar-refractivity contribution in [3.8, 4) is 0 Å². The minimum Gasteiger partial charge on any atom is -0.222 e. The Morgan fingerprint density at radius 1 is 0.692 bits per heavy atom. The van der Waals surface area contributed by atoms with Crippen molar-refractivity contribution < 1.29 is 9.59 Å². The van der Waals surface area contributed by atoms with Crippen molar-refractivity contribution >= 4 is 24.6 Å². The van der Waals surface area contributed by atoms with E-state index in [0.29, 0.717) is 0 Å². The van der Waals surface area contributed by atoms with Crippen molar-refractivity contribution in [2.24, 2.45) is 0 Å². The van der Waals surface area contributed by atoms with Crippen LogP contribution in [0.4, 0.5) is 0 Å². The second kappa shape index (κ2) is 22.4. The van der Waals surface area contributed by atoms with Gasteiger partial charge in [0.25, 0.3) is 0 Å². The molecule has 0 aromatic heterocycles. The minimum atomic E-state index is 0. The minimum absolute atomic E-state index is 0. The molecule has 0 amide bonds. The first-order valence-corrected chi connectivity index (χ1v) is 2.91. The third-order valence-corrected chi connectivity index (χ3v) is 0.667. The average Bonchev–Trinajstić information content (AvgIpc) is 2.10. The molecule has 5 heteroatoms. The van der Waals surface area contributed by atoms with Crippen LogP contribution in [-0.4, -0.2) is 12.2 Å². The standard InChI is InChI=1S/C6H6.2CHNO.ClH/c1-2-4-6-5-3-1;2*2-1-3;/h1-6H;2*2H;1H. The Morgan fingerprint density at radius 2 is 0.769 bits per heavy atom. The van der Waals surface area contributed by atoms with Crippen LogP contribution in [0.1, 0.15) is 0 Å². The molecule has 0 saturated heterocycles. The summed E-state index contributed by atoms with van der Waals surface area (Å²) in [5.41, 5.74) is 0. The number of hydrogen-bond donors (Lipinski definition) is 2. The Hall–Kier alpha value is -1.73. The first kappa shape index (κ1) is 17.4. The maximum atomic E-state index is 8.35. The Bertz CT molecular complexity index is 201. The monoisotopic (exact) mass is 200 g/mol. The van der Waals surface area contributed by atoms with Gasteiger partial charge in [-0.05, 0) is 0 Å². The Morgan fingerprint density at radius 3 is 0.846 bits per heavy atom. The smallest absolute Gasteiger partial charge is 0.222 e. The van der Waals surface area contributed by atoms with Crippen molar-refractivity contribution in [2.75, 3.05) is 0 Å². The van der Waals surface area contributed by atoms with Gasteiger partial charge in [-0.2, -0.15) is 0 Å². The van der Waals surface area contributed by atoms with Gasteiger partial charge in [-0.25, -0.2) is 20.4 Å². The van der Waals surface area contributed by atoms with Gasteiger partial charge in [-0.3, -0.25) is 0 Å². The van der Waals surface area contributed by atoms with Crippen molar-refractivity contribution in [2.45, 2.75) is 0 Å². The quantitative estimate of drug-likeness (QED) is 0.495. The lowest BCUT2D eigenvalue weighted by Gasteiger charge is -1.69. The maximum Gasteiger partial charge on any atom is 0.231 e. The highest BCUT2D eigenvalue weighted by atomic mass is 35.5. The number of hydrogen-bond acceptors (Lipinski definition) is 4. The van der Waals surface area contributed by atoms with Crippen LogP contribution in [0.2, 0.25) is 0 Å². The van der Waals surface area contributed by atoms with Gasteiger partial charge in [-0.1, -0.05) is 36.4 Å². The van der Waals surface area contributed by atoms with E-state index in [1.54, 1.807) is 0 Å². The molecule has 0 radical (unpaired) electrons. The maximum absolute atomic E-state index is 8.35. The molecule has 0 fully saturated rings. The number of carbonyl (C=O) groups excluding carboxylic acids is 2. The summed E-state index contributed by atoms with van der Waals surface area (Å²) < 4.78 is 0. The van der Waals surface area contributed by atoms with Crippen LogP contribution < -0.4 is 0 Å². The van der Waals surface area contributed by atoms with Gasteiger partial charge in [0.1, 0.15) is 0 Å². The summed E-state index contributed by atoms with van der Waals surface area (Å²) in [6, 6.07) is 12.0. The Labute approximate surface area is 82.0 Å². The van der Waals surface area contributed by atoms with Crippen LogP contribution in [0.3, 0.4) is 0 Å². The lowest BCUT2D eigenvalue weighted by Crippen LogP contribution is -1.47. The second-order valence-corrected chi connectivity index (χ2v) is 1.36. The topological polar surface area (TPSA) is 81.8 Å². The van der Waals surface area contributed by atoms with E-state index in [0.717, 1.165) is 12.2 Å².